The summed E-state index contributed by atoms with van der Waals surface area (Å²) >= 11 is 12.3. The predicted octanol–water partition coefficient (Wildman–Crippen LogP) is 3.97. The minimum absolute atomic E-state index is 0.216. The molecule has 0 spiro atoms. The highest BCUT2D eigenvalue weighted by Gasteiger charge is 2.21. The average molecular weight is 308 g/mol. The topological polar surface area (TPSA) is 29.0 Å². The second-order valence-electron chi connectivity index (χ2n) is 4.94. The quantitative estimate of drug-likeness (QED) is 0.634. The highest BCUT2D eigenvalue weighted by molar-refractivity contribution is 6.32. The molecule has 0 radical (unpaired) electrons. The van der Waals surface area contributed by atoms with Crippen LogP contribution in [0.5, 0.6) is 0 Å². The first-order chi connectivity index (χ1) is 9.74. The van der Waals surface area contributed by atoms with Gasteiger partial charge in [0.05, 0.1) is 0 Å². The van der Waals surface area contributed by atoms with E-state index in [1.807, 2.05) is 18.2 Å². The van der Waals surface area contributed by atoms with E-state index >= 15 is 0 Å². The molecule has 1 aromatic heterocycles. The van der Waals surface area contributed by atoms with Crippen molar-refractivity contribution in [1.82, 2.24) is 9.97 Å². The van der Waals surface area contributed by atoms with Crippen LogP contribution >= 0.6 is 23.2 Å². The molecule has 2 aromatic rings. The SMILES string of the molecule is Clc1nc(Cl)c(Cc2ccccc2)c(N2CCCC2)n1. The summed E-state index contributed by atoms with van der Waals surface area (Å²) in [6, 6.07) is 10.2. The number of nitrogens with zero attached hydrogens (tertiary/aromatic N) is 3. The van der Waals surface area contributed by atoms with Crippen molar-refractivity contribution in [1.29, 1.82) is 0 Å². The van der Waals surface area contributed by atoms with Gasteiger partial charge in [-0.25, -0.2) is 9.97 Å². The molecule has 1 fully saturated rings. The summed E-state index contributed by atoms with van der Waals surface area (Å²) in [5.41, 5.74) is 2.16. The van der Waals surface area contributed by atoms with Crippen LogP contribution in [0.15, 0.2) is 30.3 Å². The van der Waals surface area contributed by atoms with E-state index in [2.05, 4.69) is 27.0 Å². The molecule has 0 saturated carbocycles. The van der Waals surface area contributed by atoms with E-state index in [1.54, 1.807) is 0 Å². The van der Waals surface area contributed by atoms with Crippen LogP contribution < -0.4 is 4.90 Å². The lowest BCUT2D eigenvalue weighted by Gasteiger charge is -2.20. The number of aromatic nitrogens is 2. The fraction of sp³-hybridized carbons (Fsp3) is 0.333. The Labute approximate surface area is 128 Å². The lowest BCUT2D eigenvalue weighted by atomic mass is 10.1. The van der Waals surface area contributed by atoms with E-state index in [-0.39, 0.29) is 5.28 Å². The number of hydrogen-bond acceptors (Lipinski definition) is 3. The Bertz CT molecular complexity index is 596. The molecular weight excluding hydrogens is 293 g/mol. The molecular formula is C15H15Cl2N3. The van der Waals surface area contributed by atoms with Crippen molar-refractivity contribution in [2.75, 3.05) is 18.0 Å². The third kappa shape index (κ3) is 2.89. The summed E-state index contributed by atoms with van der Waals surface area (Å²) < 4.78 is 0. The third-order valence-electron chi connectivity index (χ3n) is 3.54. The maximum Gasteiger partial charge on any atom is 0.225 e. The summed E-state index contributed by atoms with van der Waals surface area (Å²) in [5, 5.41) is 0.671. The van der Waals surface area contributed by atoms with Crippen molar-refractivity contribution >= 4 is 29.0 Å². The van der Waals surface area contributed by atoms with Crippen LogP contribution in [-0.2, 0) is 6.42 Å². The molecule has 3 rings (SSSR count). The van der Waals surface area contributed by atoms with Gasteiger partial charge in [0.15, 0.2) is 0 Å². The van der Waals surface area contributed by atoms with Crippen LogP contribution in [0, 0.1) is 0 Å². The monoisotopic (exact) mass is 307 g/mol. The smallest absolute Gasteiger partial charge is 0.225 e. The second kappa shape index (κ2) is 5.98. The number of rotatable bonds is 3. The first kappa shape index (κ1) is 13.7. The molecule has 0 bridgehead atoms. The Morgan fingerprint density at radius 1 is 1.00 bits per heavy atom. The van der Waals surface area contributed by atoms with Gasteiger partial charge < -0.3 is 4.90 Å². The van der Waals surface area contributed by atoms with E-state index in [1.165, 1.54) is 18.4 Å². The van der Waals surface area contributed by atoms with Crippen molar-refractivity contribution in [3.63, 3.8) is 0 Å². The first-order valence-electron chi connectivity index (χ1n) is 6.75. The Kier molecular flexibility index (Phi) is 4.08. The Hall–Kier alpha value is -1.32. The maximum absolute atomic E-state index is 6.30. The number of hydrogen-bond donors (Lipinski definition) is 0. The van der Waals surface area contributed by atoms with E-state index in [4.69, 9.17) is 23.2 Å². The molecule has 0 amide bonds. The highest BCUT2D eigenvalue weighted by atomic mass is 35.5. The molecule has 104 valence electrons. The zero-order valence-electron chi connectivity index (χ0n) is 11.0. The fourth-order valence-corrected chi connectivity index (χ4v) is 3.00. The van der Waals surface area contributed by atoms with Crippen molar-refractivity contribution in [2.45, 2.75) is 19.3 Å². The zero-order valence-corrected chi connectivity index (χ0v) is 12.5. The first-order valence-corrected chi connectivity index (χ1v) is 7.50. The van der Waals surface area contributed by atoms with Crippen LogP contribution in [0.4, 0.5) is 5.82 Å². The van der Waals surface area contributed by atoms with E-state index in [9.17, 15) is 0 Å². The van der Waals surface area contributed by atoms with Crippen LogP contribution in [0.25, 0.3) is 0 Å². The van der Waals surface area contributed by atoms with Crippen LogP contribution in [0.3, 0.4) is 0 Å². The summed E-state index contributed by atoms with van der Waals surface area (Å²) in [5.74, 6) is 0.886. The van der Waals surface area contributed by atoms with E-state index in [0.717, 1.165) is 30.9 Å². The molecule has 0 aliphatic carbocycles. The van der Waals surface area contributed by atoms with E-state index in [0.29, 0.717) is 5.15 Å². The van der Waals surface area contributed by atoms with Gasteiger partial charge in [0, 0.05) is 25.1 Å². The molecule has 1 saturated heterocycles. The van der Waals surface area contributed by atoms with Gasteiger partial charge in [-0.2, -0.15) is 0 Å². The molecule has 2 heterocycles. The Morgan fingerprint density at radius 3 is 2.40 bits per heavy atom. The average Bonchev–Trinajstić information content (AvgIpc) is 2.96. The van der Waals surface area contributed by atoms with Gasteiger partial charge in [0.1, 0.15) is 11.0 Å². The normalized spacial score (nSPS) is 14.8. The van der Waals surface area contributed by atoms with Gasteiger partial charge in [-0.15, -0.1) is 0 Å². The van der Waals surface area contributed by atoms with Gasteiger partial charge >= 0.3 is 0 Å². The van der Waals surface area contributed by atoms with Crippen LogP contribution in [-0.4, -0.2) is 23.1 Å². The van der Waals surface area contributed by atoms with Crippen LogP contribution in [0.1, 0.15) is 24.0 Å². The van der Waals surface area contributed by atoms with E-state index < -0.39 is 0 Å². The van der Waals surface area contributed by atoms with Crippen molar-refractivity contribution in [3.8, 4) is 0 Å². The summed E-state index contributed by atoms with van der Waals surface area (Å²) in [6.07, 6.45) is 3.09. The molecule has 3 nitrogen and oxygen atoms in total. The Balaban J connectivity index is 1.99. The predicted molar refractivity (Wildman–Crippen MR) is 82.7 cm³/mol. The van der Waals surface area contributed by atoms with Crippen molar-refractivity contribution in [3.05, 3.63) is 51.9 Å². The zero-order chi connectivity index (χ0) is 13.9. The molecule has 20 heavy (non-hydrogen) atoms. The maximum atomic E-state index is 6.30. The third-order valence-corrected chi connectivity index (χ3v) is 4.02. The lowest BCUT2D eigenvalue weighted by Crippen LogP contribution is -2.21. The molecule has 0 atom stereocenters. The van der Waals surface area contributed by atoms with Gasteiger partial charge in [-0.05, 0) is 30.0 Å². The summed E-state index contributed by atoms with van der Waals surface area (Å²) in [4.78, 5) is 10.8. The minimum atomic E-state index is 0.216. The molecule has 0 unspecified atom stereocenters. The fourth-order valence-electron chi connectivity index (χ4n) is 2.56. The molecule has 1 aliphatic heterocycles. The van der Waals surface area contributed by atoms with Crippen molar-refractivity contribution < 1.29 is 0 Å². The summed E-state index contributed by atoms with van der Waals surface area (Å²) in [6.45, 7) is 2.01. The number of halogens is 2. The summed E-state index contributed by atoms with van der Waals surface area (Å²) in [7, 11) is 0. The minimum Gasteiger partial charge on any atom is -0.356 e. The largest absolute Gasteiger partial charge is 0.356 e. The molecule has 1 aliphatic rings. The van der Waals surface area contributed by atoms with Gasteiger partial charge in [0.2, 0.25) is 5.28 Å². The standard InChI is InChI=1S/C15H15Cl2N3/c16-13-12(10-11-6-2-1-3-7-11)14(19-15(17)18-13)20-8-4-5-9-20/h1-3,6-7H,4-5,8-10H2. The van der Waals surface area contributed by atoms with Gasteiger partial charge in [0.25, 0.3) is 0 Å². The second-order valence-corrected chi connectivity index (χ2v) is 5.64. The van der Waals surface area contributed by atoms with Crippen LogP contribution in [0.2, 0.25) is 10.4 Å². The lowest BCUT2D eigenvalue weighted by molar-refractivity contribution is 0.905. The number of benzene rings is 1. The van der Waals surface area contributed by atoms with Gasteiger partial charge in [-0.3, -0.25) is 0 Å². The Morgan fingerprint density at radius 2 is 1.70 bits per heavy atom. The van der Waals surface area contributed by atoms with Gasteiger partial charge in [-0.1, -0.05) is 41.9 Å². The molecule has 0 N–H and O–H groups in total. The van der Waals surface area contributed by atoms with Crippen molar-refractivity contribution in [2.24, 2.45) is 0 Å². The number of anilines is 1. The molecule has 1 aromatic carbocycles. The molecule has 5 heteroatoms. The highest BCUT2D eigenvalue weighted by Crippen LogP contribution is 2.30.